The molecule has 2 aliphatic heterocycles. The maximum atomic E-state index is 13.4. The fourth-order valence-corrected chi connectivity index (χ4v) is 4.91. The maximum Gasteiger partial charge on any atom is 0.416 e. The summed E-state index contributed by atoms with van der Waals surface area (Å²) in [4.78, 5) is 29.5. The monoisotopic (exact) mass is 496 g/mol. The Hall–Kier alpha value is -3.62. The van der Waals surface area contributed by atoms with Gasteiger partial charge in [0.1, 0.15) is 0 Å². The first-order valence-corrected chi connectivity index (χ1v) is 12.0. The van der Waals surface area contributed by atoms with Crippen LogP contribution in [0.5, 0.6) is 0 Å². The first-order valence-electron chi connectivity index (χ1n) is 12.0. The number of alkyl halides is 3. The standard InChI is InChI=1S/C27H27F3N4O2/c1-18-6-8-19(9-7-18)15-33-16-21(13-25(33)35)26(36)32-10-3-11-34-23(17-32)14-24(31-34)20-4-2-5-22(12-20)27(28,29)30/h2,4-9,12,14,21H,3,10-11,13,15-17H2,1H3. The van der Waals surface area contributed by atoms with E-state index in [0.29, 0.717) is 50.4 Å². The average molecular weight is 497 g/mol. The molecule has 1 unspecified atom stereocenters. The summed E-state index contributed by atoms with van der Waals surface area (Å²) in [5.74, 6) is -0.494. The van der Waals surface area contributed by atoms with Crippen molar-refractivity contribution < 1.29 is 22.8 Å². The number of rotatable bonds is 4. The van der Waals surface area contributed by atoms with Gasteiger partial charge in [-0.2, -0.15) is 18.3 Å². The zero-order chi connectivity index (χ0) is 25.4. The van der Waals surface area contributed by atoms with Crippen LogP contribution in [-0.4, -0.2) is 44.5 Å². The van der Waals surface area contributed by atoms with E-state index in [0.717, 1.165) is 29.0 Å². The van der Waals surface area contributed by atoms with Gasteiger partial charge in [0, 0.05) is 38.2 Å². The fraction of sp³-hybridized carbons (Fsp3) is 0.370. The van der Waals surface area contributed by atoms with E-state index in [1.165, 1.54) is 6.07 Å². The molecule has 3 aromatic rings. The molecule has 0 aliphatic carbocycles. The third kappa shape index (κ3) is 5.01. The SMILES string of the molecule is Cc1ccc(CN2CC(C(=O)N3CCCn4nc(-c5cccc(C(F)(F)F)c5)cc4C3)CC2=O)cc1. The number of amides is 2. The molecule has 3 heterocycles. The molecule has 2 aromatic carbocycles. The quantitative estimate of drug-likeness (QED) is 0.528. The van der Waals surface area contributed by atoms with Gasteiger partial charge in [0.25, 0.3) is 0 Å². The van der Waals surface area contributed by atoms with Crippen molar-refractivity contribution in [3.8, 4) is 11.3 Å². The summed E-state index contributed by atoms with van der Waals surface area (Å²) in [6.07, 6.45) is -3.56. The lowest BCUT2D eigenvalue weighted by Gasteiger charge is -2.23. The minimum atomic E-state index is -4.43. The number of likely N-dealkylation sites (tertiary alicyclic amines) is 1. The second-order valence-corrected chi connectivity index (χ2v) is 9.60. The highest BCUT2D eigenvalue weighted by molar-refractivity contribution is 5.89. The van der Waals surface area contributed by atoms with Gasteiger partial charge in [0.15, 0.2) is 0 Å². The lowest BCUT2D eigenvalue weighted by molar-refractivity contribution is -0.137. The number of benzene rings is 2. The summed E-state index contributed by atoms with van der Waals surface area (Å²) in [5, 5.41) is 4.52. The smallest absolute Gasteiger partial charge is 0.338 e. The van der Waals surface area contributed by atoms with Crippen LogP contribution in [-0.2, 0) is 35.4 Å². The molecule has 6 nitrogen and oxygen atoms in total. The van der Waals surface area contributed by atoms with Crippen LogP contribution >= 0.6 is 0 Å². The van der Waals surface area contributed by atoms with Gasteiger partial charge in [-0.25, -0.2) is 0 Å². The number of aryl methyl sites for hydroxylation is 2. The Kier molecular flexibility index (Phi) is 6.32. The van der Waals surface area contributed by atoms with E-state index in [4.69, 9.17) is 0 Å². The van der Waals surface area contributed by atoms with Crippen molar-refractivity contribution in [2.24, 2.45) is 5.92 Å². The van der Waals surface area contributed by atoms with Gasteiger partial charge in [0.2, 0.25) is 11.8 Å². The van der Waals surface area contributed by atoms with Gasteiger partial charge in [-0.15, -0.1) is 0 Å². The van der Waals surface area contributed by atoms with Crippen molar-refractivity contribution in [1.29, 1.82) is 0 Å². The zero-order valence-electron chi connectivity index (χ0n) is 20.0. The topological polar surface area (TPSA) is 58.4 Å². The van der Waals surface area contributed by atoms with Crippen LogP contribution in [0.4, 0.5) is 13.2 Å². The van der Waals surface area contributed by atoms with Crippen molar-refractivity contribution in [1.82, 2.24) is 19.6 Å². The van der Waals surface area contributed by atoms with Crippen LogP contribution in [0.1, 0.15) is 35.2 Å². The average Bonchev–Trinajstić information content (AvgIpc) is 3.36. The van der Waals surface area contributed by atoms with Crippen LogP contribution in [0, 0.1) is 12.8 Å². The maximum absolute atomic E-state index is 13.4. The molecule has 5 rings (SSSR count). The van der Waals surface area contributed by atoms with Crippen LogP contribution in [0.15, 0.2) is 54.6 Å². The molecule has 1 aromatic heterocycles. The summed E-state index contributed by atoms with van der Waals surface area (Å²) in [6.45, 7) is 4.31. The van der Waals surface area contributed by atoms with E-state index in [2.05, 4.69) is 5.10 Å². The zero-order valence-corrected chi connectivity index (χ0v) is 20.0. The van der Waals surface area contributed by atoms with E-state index in [9.17, 15) is 22.8 Å². The molecule has 2 amide bonds. The predicted octanol–water partition coefficient (Wildman–Crippen LogP) is 4.66. The van der Waals surface area contributed by atoms with Crippen LogP contribution < -0.4 is 0 Å². The van der Waals surface area contributed by atoms with Crippen LogP contribution in [0.2, 0.25) is 0 Å². The number of nitrogens with zero attached hydrogens (tertiary/aromatic N) is 4. The molecular formula is C27H27F3N4O2. The molecule has 36 heavy (non-hydrogen) atoms. The number of carbonyl (C=O) groups is 2. The first kappa shape index (κ1) is 24.1. The Balaban J connectivity index is 1.28. The van der Waals surface area contributed by atoms with Gasteiger partial charge in [-0.05, 0) is 37.1 Å². The van der Waals surface area contributed by atoms with E-state index in [-0.39, 0.29) is 18.2 Å². The number of hydrogen-bond donors (Lipinski definition) is 0. The Morgan fingerprint density at radius 3 is 2.61 bits per heavy atom. The molecule has 0 N–H and O–H groups in total. The summed E-state index contributed by atoms with van der Waals surface area (Å²) >= 11 is 0. The van der Waals surface area contributed by atoms with Gasteiger partial charge in [-0.3, -0.25) is 14.3 Å². The first-order chi connectivity index (χ1) is 17.2. The van der Waals surface area contributed by atoms with Crippen molar-refractivity contribution in [3.63, 3.8) is 0 Å². The van der Waals surface area contributed by atoms with Crippen molar-refractivity contribution in [3.05, 3.63) is 77.0 Å². The third-order valence-corrected chi connectivity index (χ3v) is 6.87. The van der Waals surface area contributed by atoms with Crippen molar-refractivity contribution >= 4 is 11.8 Å². The van der Waals surface area contributed by atoms with E-state index >= 15 is 0 Å². The Morgan fingerprint density at radius 2 is 1.86 bits per heavy atom. The van der Waals surface area contributed by atoms with Crippen molar-refractivity contribution in [2.45, 2.75) is 45.6 Å². The number of fused-ring (bicyclic) bond motifs is 1. The molecular weight excluding hydrogens is 469 g/mol. The third-order valence-electron chi connectivity index (χ3n) is 6.87. The fourth-order valence-electron chi connectivity index (χ4n) is 4.91. The van der Waals surface area contributed by atoms with E-state index < -0.39 is 17.7 Å². The molecule has 0 radical (unpaired) electrons. The molecule has 0 saturated carbocycles. The number of carbonyl (C=O) groups excluding carboxylic acids is 2. The highest BCUT2D eigenvalue weighted by atomic mass is 19.4. The molecule has 188 valence electrons. The van der Waals surface area contributed by atoms with Crippen molar-refractivity contribution in [2.75, 3.05) is 13.1 Å². The lowest BCUT2D eigenvalue weighted by Crippen LogP contribution is -2.37. The second-order valence-electron chi connectivity index (χ2n) is 9.60. The number of halogens is 3. The van der Waals surface area contributed by atoms with Crippen LogP contribution in [0.25, 0.3) is 11.3 Å². The highest BCUT2D eigenvalue weighted by Gasteiger charge is 2.37. The van der Waals surface area contributed by atoms with Gasteiger partial charge < -0.3 is 9.80 Å². The number of aromatic nitrogens is 2. The van der Waals surface area contributed by atoms with E-state index in [1.54, 1.807) is 26.6 Å². The van der Waals surface area contributed by atoms with Gasteiger partial charge in [-0.1, -0.05) is 42.0 Å². The Morgan fingerprint density at radius 1 is 1.08 bits per heavy atom. The minimum absolute atomic E-state index is 0.0272. The van der Waals surface area contributed by atoms with Crippen LogP contribution in [0.3, 0.4) is 0 Å². The molecule has 1 fully saturated rings. The Bertz CT molecular complexity index is 1280. The second kappa shape index (κ2) is 9.44. The molecule has 9 heteroatoms. The molecule has 2 aliphatic rings. The normalized spacial score (nSPS) is 18.3. The van der Waals surface area contributed by atoms with Gasteiger partial charge in [0.05, 0.1) is 29.4 Å². The largest absolute Gasteiger partial charge is 0.416 e. The molecule has 0 bridgehead atoms. The van der Waals surface area contributed by atoms with Gasteiger partial charge >= 0.3 is 6.18 Å². The molecule has 1 atom stereocenters. The molecule has 0 spiro atoms. The number of hydrogen-bond acceptors (Lipinski definition) is 3. The summed E-state index contributed by atoms with van der Waals surface area (Å²) in [5.41, 5.74) is 3.07. The Labute approximate surface area is 207 Å². The molecule has 1 saturated heterocycles. The summed E-state index contributed by atoms with van der Waals surface area (Å²) in [7, 11) is 0. The minimum Gasteiger partial charge on any atom is -0.338 e. The summed E-state index contributed by atoms with van der Waals surface area (Å²) < 4.78 is 41.2. The predicted molar refractivity (Wildman–Crippen MR) is 127 cm³/mol. The highest BCUT2D eigenvalue weighted by Crippen LogP contribution is 2.32. The summed E-state index contributed by atoms with van der Waals surface area (Å²) in [6, 6.07) is 14.9. The van der Waals surface area contributed by atoms with E-state index in [1.807, 2.05) is 31.2 Å². The lowest BCUT2D eigenvalue weighted by atomic mass is 10.1.